The number of nitrogens with one attached hydrogen (secondary N) is 1. The number of carbonyl (C=O) groups excluding carboxylic acids is 1. The van der Waals surface area contributed by atoms with E-state index in [2.05, 4.69) is 27.3 Å². The van der Waals surface area contributed by atoms with E-state index in [0.29, 0.717) is 25.5 Å². The molecule has 0 aliphatic carbocycles. The van der Waals surface area contributed by atoms with E-state index in [9.17, 15) is 4.79 Å². The molecule has 6 nitrogen and oxygen atoms in total. The smallest absolute Gasteiger partial charge is 0.236 e. The van der Waals surface area contributed by atoms with Gasteiger partial charge in [0.2, 0.25) is 5.91 Å². The zero-order chi connectivity index (χ0) is 15.8. The second-order valence-corrected chi connectivity index (χ2v) is 7.09. The SMILES string of the molecule is Cc1nc([C@@H]2CN(C(=O)[C@H]3Cc4ccccc4S3)CCO2)n[nH]1. The maximum Gasteiger partial charge on any atom is 0.236 e. The predicted molar refractivity (Wildman–Crippen MR) is 86.2 cm³/mol. The fraction of sp³-hybridized carbons (Fsp3) is 0.438. The minimum atomic E-state index is -0.244. The molecule has 0 saturated carbocycles. The van der Waals surface area contributed by atoms with E-state index in [4.69, 9.17) is 4.74 Å². The number of thioether (sulfide) groups is 1. The lowest BCUT2D eigenvalue weighted by molar-refractivity contribution is -0.138. The number of amides is 1. The Morgan fingerprint density at radius 1 is 1.43 bits per heavy atom. The summed E-state index contributed by atoms with van der Waals surface area (Å²) >= 11 is 1.67. The molecule has 1 saturated heterocycles. The highest BCUT2D eigenvalue weighted by Gasteiger charge is 2.35. The molecule has 1 aromatic carbocycles. The van der Waals surface area contributed by atoms with Crippen LogP contribution in [0.2, 0.25) is 0 Å². The largest absolute Gasteiger partial charge is 0.366 e. The lowest BCUT2D eigenvalue weighted by Crippen LogP contribution is -2.46. The number of H-pyrrole nitrogens is 1. The summed E-state index contributed by atoms with van der Waals surface area (Å²) in [5.41, 5.74) is 1.27. The molecule has 3 heterocycles. The van der Waals surface area contributed by atoms with Crippen molar-refractivity contribution in [2.75, 3.05) is 19.7 Å². The molecule has 23 heavy (non-hydrogen) atoms. The van der Waals surface area contributed by atoms with Crippen LogP contribution in [0.5, 0.6) is 0 Å². The standard InChI is InChI=1S/C16H18N4O2S/c1-10-17-15(19-18-10)12-9-20(6-7-22-12)16(21)14-8-11-4-2-3-5-13(11)23-14/h2-5,12,14H,6-9H2,1H3,(H,17,18,19)/t12-,14+/m0/s1. The van der Waals surface area contributed by atoms with Crippen molar-refractivity contribution in [2.45, 2.75) is 29.6 Å². The van der Waals surface area contributed by atoms with Crippen LogP contribution in [0.3, 0.4) is 0 Å². The van der Waals surface area contributed by atoms with Crippen molar-refractivity contribution in [3.63, 3.8) is 0 Å². The number of hydrogen-bond acceptors (Lipinski definition) is 5. The number of morpholine rings is 1. The molecule has 1 aromatic heterocycles. The quantitative estimate of drug-likeness (QED) is 0.908. The lowest BCUT2D eigenvalue weighted by Gasteiger charge is -2.33. The maximum absolute atomic E-state index is 12.9. The van der Waals surface area contributed by atoms with E-state index in [1.54, 1.807) is 11.8 Å². The van der Waals surface area contributed by atoms with Gasteiger partial charge in [-0.2, -0.15) is 5.10 Å². The summed E-state index contributed by atoms with van der Waals surface area (Å²) in [5.74, 6) is 1.57. The van der Waals surface area contributed by atoms with Gasteiger partial charge >= 0.3 is 0 Å². The summed E-state index contributed by atoms with van der Waals surface area (Å²) in [4.78, 5) is 20.3. The molecular weight excluding hydrogens is 312 g/mol. The third kappa shape index (κ3) is 2.86. The number of benzene rings is 1. The Kier molecular flexibility index (Phi) is 3.82. The normalized spacial score (nSPS) is 23.8. The van der Waals surface area contributed by atoms with Crippen LogP contribution in [0.25, 0.3) is 0 Å². The monoisotopic (exact) mass is 330 g/mol. The molecule has 2 aliphatic rings. The zero-order valence-corrected chi connectivity index (χ0v) is 13.7. The molecule has 4 rings (SSSR count). The second kappa shape index (κ2) is 5.98. The molecule has 1 fully saturated rings. The zero-order valence-electron chi connectivity index (χ0n) is 12.9. The molecule has 0 spiro atoms. The van der Waals surface area contributed by atoms with E-state index < -0.39 is 0 Å². The highest BCUT2D eigenvalue weighted by atomic mass is 32.2. The van der Waals surface area contributed by atoms with Crippen molar-refractivity contribution in [3.05, 3.63) is 41.5 Å². The van der Waals surface area contributed by atoms with Gasteiger partial charge in [-0.1, -0.05) is 18.2 Å². The van der Waals surface area contributed by atoms with E-state index in [-0.39, 0.29) is 17.3 Å². The van der Waals surface area contributed by atoms with Crippen molar-refractivity contribution in [3.8, 4) is 0 Å². The minimum absolute atomic E-state index is 0.0278. The van der Waals surface area contributed by atoms with Gasteiger partial charge in [0.15, 0.2) is 5.82 Å². The van der Waals surface area contributed by atoms with Crippen molar-refractivity contribution < 1.29 is 9.53 Å². The van der Waals surface area contributed by atoms with E-state index in [1.165, 1.54) is 10.5 Å². The molecule has 1 amide bonds. The van der Waals surface area contributed by atoms with Crippen molar-refractivity contribution in [2.24, 2.45) is 0 Å². The van der Waals surface area contributed by atoms with Crippen molar-refractivity contribution >= 4 is 17.7 Å². The first-order valence-corrected chi connectivity index (χ1v) is 8.62. The number of aromatic nitrogens is 3. The Labute approximate surface area is 138 Å². The van der Waals surface area contributed by atoms with Gasteiger partial charge in [0, 0.05) is 11.4 Å². The van der Waals surface area contributed by atoms with Gasteiger partial charge in [0.25, 0.3) is 0 Å². The maximum atomic E-state index is 12.9. The van der Waals surface area contributed by atoms with Crippen LogP contribution in [0, 0.1) is 6.92 Å². The predicted octanol–water partition coefficient (Wildman–Crippen LogP) is 1.73. The van der Waals surface area contributed by atoms with Crippen LogP contribution in [-0.4, -0.2) is 50.9 Å². The summed E-state index contributed by atoms with van der Waals surface area (Å²) in [7, 11) is 0. The second-order valence-electron chi connectivity index (χ2n) is 5.84. The van der Waals surface area contributed by atoms with Gasteiger partial charge in [-0.3, -0.25) is 9.89 Å². The third-order valence-corrected chi connectivity index (χ3v) is 5.51. The Morgan fingerprint density at radius 3 is 3.09 bits per heavy atom. The van der Waals surface area contributed by atoms with Crippen LogP contribution >= 0.6 is 11.8 Å². The summed E-state index contributed by atoms with van der Waals surface area (Å²) in [6.45, 7) is 3.53. The van der Waals surface area contributed by atoms with Crippen LogP contribution < -0.4 is 0 Å². The summed E-state index contributed by atoms with van der Waals surface area (Å²) in [5, 5.41) is 6.96. The molecular formula is C16H18N4O2S. The van der Waals surface area contributed by atoms with Crippen molar-refractivity contribution in [1.82, 2.24) is 20.1 Å². The first-order valence-electron chi connectivity index (χ1n) is 7.74. The number of carbonyl (C=O) groups is 1. The minimum Gasteiger partial charge on any atom is -0.366 e. The van der Waals surface area contributed by atoms with Crippen LogP contribution in [0.1, 0.15) is 23.3 Å². The fourth-order valence-corrected chi connectivity index (χ4v) is 4.31. The Morgan fingerprint density at radius 2 is 2.30 bits per heavy atom. The highest BCUT2D eigenvalue weighted by Crippen LogP contribution is 2.38. The van der Waals surface area contributed by atoms with Crippen LogP contribution in [0.4, 0.5) is 0 Å². The summed E-state index contributed by atoms with van der Waals surface area (Å²) < 4.78 is 5.74. The van der Waals surface area contributed by atoms with Gasteiger partial charge in [-0.05, 0) is 25.0 Å². The molecule has 0 bridgehead atoms. The van der Waals surface area contributed by atoms with Crippen molar-refractivity contribution in [1.29, 1.82) is 0 Å². The van der Waals surface area contributed by atoms with E-state index in [1.807, 2.05) is 24.0 Å². The molecule has 0 radical (unpaired) electrons. The molecule has 1 N–H and O–H groups in total. The Hall–Kier alpha value is -1.86. The number of nitrogens with zero attached hydrogens (tertiary/aromatic N) is 3. The summed E-state index contributed by atoms with van der Waals surface area (Å²) in [6.07, 6.45) is 0.563. The highest BCUT2D eigenvalue weighted by molar-refractivity contribution is 8.01. The lowest BCUT2D eigenvalue weighted by atomic mass is 10.1. The average molecular weight is 330 g/mol. The molecule has 0 unspecified atom stereocenters. The van der Waals surface area contributed by atoms with Gasteiger partial charge in [0.05, 0.1) is 18.4 Å². The average Bonchev–Trinajstić information content (AvgIpc) is 3.20. The Balaban J connectivity index is 1.45. The molecule has 120 valence electrons. The third-order valence-electron chi connectivity index (χ3n) is 4.20. The van der Waals surface area contributed by atoms with E-state index in [0.717, 1.165) is 12.2 Å². The first-order chi connectivity index (χ1) is 11.2. The molecule has 2 aromatic rings. The number of hydrogen-bond donors (Lipinski definition) is 1. The van der Waals surface area contributed by atoms with Gasteiger partial charge in [-0.25, -0.2) is 4.98 Å². The number of ether oxygens (including phenoxy) is 1. The molecule has 7 heteroatoms. The Bertz CT molecular complexity index is 707. The number of rotatable bonds is 2. The number of aromatic amines is 1. The van der Waals surface area contributed by atoms with Gasteiger partial charge in [-0.15, -0.1) is 11.8 Å². The van der Waals surface area contributed by atoms with Crippen LogP contribution in [-0.2, 0) is 16.0 Å². The van der Waals surface area contributed by atoms with Gasteiger partial charge < -0.3 is 9.64 Å². The first kappa shape index (κ1) is 14.7. The number of fused-ring (bicyclic) bond motifs is 1. The topological polar surface area (TPSA) is 71.1 Å². The van der Waals surface area contributed by atoms with E-state index >= 15 is 0 Å². The van der Waals surface area contributed by atoms with Crippen LogP contribution in [0.15, 0.2) is 29.2 Å². The fourth-order valence-electron chi connectivity index (χ4n) is 3.03. The molecule has 2 atom stereocenters. The summed E-state index contributed by atoms with van der Waals surface area (Å²) in [6, 6.07) is 8.25. The number of aryl methyl sites for hydroxylation is 1. The molecule has 2 aliphatic heterocycles. The van der Waals surface area contributed by atoms with Gasteiger partial charge in [0.1, 0.15) is 11.9 Å².